The van der Waals surface area contributed by atoms with Gasteiger partial charge in [-0.25, -0.2) is 13.6 Å². The molecule has 0 atom stereocenters. The lowest BCUT2D eigenvalue weighted by Crippen LogP contribution is -2.27. The highest BCUT2D eigenvalue weighted by atomic mass is 32.2. The van der Waals surface area contributed by atoms with Crippen LogP contribution in [0.4, 0.5) is 5.69 Å². The first-order valence-electron chi connectivity index (χ1n) is 5.64. The van der Waals surface area contributed by atoms with Crippen LogP contribution in [-0.2, 0) is 10.0 Å². The Morgan fingerprint density at radius 2 is 2.00 bits per heavy atom. The van der Waals surface area contributed by atoms with E-state index in [1.807, 2.05) is 13.8 Å². The van der Waals surface area contributed by atoms with Crippen LogP contribution in [0.25, 0.3) is 0 Å². The van der Waals surface area contributed by atoms with Gasteiger partial charge in [0.2, 0.25) is 10.0 Å². The molecule has 0 unspecified atom stereocenters. The summed E-state index contributed by atoms with van der Waals surface area (Å²) in [6.45, 7) is 6.12. The van der Waals surface area contributed by atoms with Gasteiger partial charge >= 0.3 is 0 Å². The maximum Gasteiger partial charge on any atom is 0.238 e. The quantitative estimate of drug-likeness (QED) is 0.747. The number of anilines is 1. The normalized spacial score (nSPS) is 12.5. The van der Waals surface area contributed by atoms with Crippen molar-refractivity contribution in [2.24, 2.45) is 10.6 Å². The van der Waals surface area contributed by atoms with Crippen LogP contribution in [0.5, 0.6) is 0 Å². The average Bonchev–Trinajstić information content (AvgIpc) is 2.26. The average molecular weight is 272 g/mol. The predicted molar refractivity (Wildman–Crippen MR) is 71.9 cm³/mol. The molecule has 4 N–H and O–H groups in total. The van der Waals surface area contributed by atoms with Gasteiger partial charge in [-0.3, -0.25) is 0 Å². The molecule has 102 valence electrons. The molecule has 0 saturated carbocycles. The van der Waals surface area contributed by atoms with Crippen LogP contribution in [0, 0.1) is 12.3 Å². The largest absolute Gasteiger partial charge is 0.396 e. The number of benzene rings is 1. The minimum absolute atomic E-state index is 0.0495. The fraction of sp³-hybridized carbons (Fsp3) is 0.500. The van der Waals surface area contributed by atoms with Gasteiger partial charge in [0.15, 0.2) is 0 Å². The minimum atomic E-state index is -3.70. The Morgan fingerprint density at radius 3 is 2.50 bits per heavy atom. The van der Waals surface area contributed by atoms with Gasteiger partial charge in [0.25, 0.3) is 0 Å². The Hall–Kier alpha value is -1.11. The van der Waals surface area contributed by atoms with Gasteiger partial charge in [-0.1, -0.05) is 19.9 Å². The minimum Gasteiger partial charge on any atom is -0.396 e. The van der Waals surface area contributed by atoms with Gasteiger partial charge in [0.05, 0.1) is 4.90 Å². The third-order valence-electron chi connectivity index (χ3n) is 2.78. The Kier molecular flexibility index (Phi) is 4.37. The molecule has 0 spiro atoms. The molecule has 0 aliphatic heterocycles. The van der Waals surface area contributed by atoms with Gasteiger partial charge in [0, 0.05) is 24.3 Å². The monoisotopic (exact) mass is 272 g/mol. The number of nitrogens with two attached hydrogens (primary N) is 1. The predicted octanol–water partition coefficient (Wildman–Crippen LogP) is 1.07. The number of aliphatic hydroxyl groups excluding tert-OH is 1. The third-order valence-corrected chi connectivity index (χ3v) is 3.83. The van der Waals surface area contributed by atoms with Crippen molar-refractivity contribution >= 4 is 15.7 Å². The lowest BCUT2D eigenvalue weighted by molar-refractivity contribution is 0.171. The van der Waals surface area contributed by atoms with E-state index in [4.69, 9.17) is 10.2 Å². The van der Waals surface area contributed by atoms with E-state index in [1.54, 1.807) is 19.1 Å². The maximum absolute atomic E-state index is 11.4. The zero-order chi connectivity index (χ0) is 14.0. The van der Waals surface area contributed by atoms with E-state index in [2.05, 4.69) is 5.32 Å². The van der Waals surface area contributed by atoms with Gasteiger partial charge < -0.3 is 10.4 Å². The molecule has 0 fully saturated rings. The molecule has 18 heavy (non-hydrogen) atoms. The summed E-state index contributed by atoms with van der Waals surface area (Å²) >= 11 is 0. The zero-order valence-corrected chi connectivity index (χ0v) is 11.7. The number of primary sulfonamides is 1. The number of aliphatic hydroxyl groups is 1. The fourth-order valence-corrected chi connectivity index (χ4v) is 2.31. The number of rotatable bonds is 5. The van der Waals surface area contributed by atoms with E-state index in [0.717, 1.165) is 0 Å². The first-order valence-corrected chi connectivity index (χ1v) is 7.19. The molecule has 1 rings (SSSR count). The smallest absolute Gasteiger partial charge is 0.238 e. The van der Waals surface area contributed by atoms with Crippen molar-refractivity contribution in [1.82, 2.24) is 0 Å². The zero-order valence-electron chi connectivity index (χ0n) is 10.9. The lowest BCUT2D eigenvalue weighted by atomic mass is 9.95. The molecular weight excluding hydrogens is 252 g/mol. The number of hydrogen-bond acceptors (Lipinski definition) is 4. The molecule has 0 aliphatic rings. The van der Waals surface area contributed by atoms with Crippen LogP contribution >= 0.6 is 0 Å². The second-order valence-electron chi connectivity index (χ2n) is 5.15. The van der Waals surface area contributed by atoms with Crippen molar-refractivity contribution in [3.05, 3.63) is 23.8 Å². The van der Waals surface area contributed by atoms with Crippen LogP contribution in [0.15, 0.2) is 23.1 Å². The van der Waals surface area contributed by atoms with E-state index >= 15 is 0 Å². The summed E-state index contributed by atoms with van der Waals surface area (Å²) in [6.07, 6.45) is 0. The van der Waals surface area contributed by atoms with Crippen LogP contribution in [0.3, 0.4) is 0 Å². The van der Waals surface area contributed by atoms with E-state index in [1.165, 1.54) is 6.07 Å². The first kappa shape index (κ1) is 14.9. The van der Waals surface area contributed by atoms with Crippen LogP contribution in [0.2, 0.25) is 0 Å². The van der Waals surface area contributed by atoms with E-state index in [0.29, 0.717) is 17.8 Å². The summed E-state index contributed by atoms with van der Waals surface area (Å²) in [4.78, 5) is 0.120. The van der Waals surface area contributed by atoms with E-state index < -0.39 is 10.0 Å². The number of sulfonamides is 1. The van der Waals surface area contributed by atoms with Crippen molar-refractivity contribution in [2.75, 3.05) is 18.5 Å². The topological polar surface area (TPSA) is 92.4 Å². The molecule has 1 aromatic rings. The molecular formula is C12H20N2O3S. The summed E-state index contributed by atoms with van der Waals surface area (Å²) in [7, 11) is -3.70. The summed E-state index contributed by atoms with van der Waals surface area (Å²) in [5, 5.41) is 17.4. The standard InChI is InChI=1S/C12H20N2O3S/c1-9-10(14-7-12(2,3)8-15)5-4-6-11(9)18(13,16)17/h4-6,14-15H,7-8H2,1-3H3,(H2,13,16,17). The summed E-state index contributed by atoms with van der Waals surface area (Å²) in [5.41, 5.74) is 1.03. The summed E-state index contributed by atoms with van der Waals surface area (Å²) < 4.78 is 22.7. The Bertz CT molecular complexity index is 524. The second-order valence-corrected chi connectivity index (χ2v) is 6.68. The Balaban J connectivity index is 2.99. The molecule has 0 saturated heterocycles. The lowest BCUT2D eigenvalue weighted by Gasteiger charge is -2.23. The molecule has 1 aromatic carbocycles. The summed E-state index contributed by atoms with van der Waals surface area (Å²) in [5.74, 6) is 0. The van der Waals surface area contributed by atoms with Crippen LogP contribution in [0.1, 0.15) is 19.4 Å². The Morgan fingerprint density at radius 1 is 1.39 bits per heavy atom. The van der Waals surface area contributed by atoms with Gasteiger partial charge in [-0.05, 0) is 24.6 Å². The molecule has 0 heterocycles. The Labute approximate surface area is 108 Å². The van der Waals surface area contributed by atoms with Crippen LogP contribution < -0.4 is 10.5 Å². The molecule has 0 amide bonds. The van der Waals surface area contributed by atoms with Gasteiger partial charge in [-0.2, -0.15) is 0 Å². The van der Waals surface area contributed by atoms with Crippen molar-refractivity contribution in [3.63, 3.8) is 0 Å². The second kappa shape index (κ2) is 5.26. The number of nitrogens with one attached hydrogen (secondary N) is 1. The highest BCUT2D eigenvalue weighted by Crippen LogP contribution is 2.23. The molecule has 5 nitrogen and oxygen atoms in total. The molecule has 0 aromatic heterocycles. The van der Waals surface area contributed by atoms with Gasteiger partial charge in [-0.15, -0.1) is 0 Å². The molecule has 0 radical (unpaired) electrons. The molecule has 0 aliphatic carbocycles. The van der Waals surface area contributed by atoms with Crippen molar-refractivity contribution < 1.29 is 13.5 Å². The SMILES string of the molecule is Cc1c(NCC(C)(C)CO)cccc1S(N)(=O)=O. The van der Waals surface area contributed by atoms with E-state index in [9.17, 15) is 8.42 Å². The van der Waals surface area contributed by atoms with Gasteiger partial charge in [0.1, 0.15) is 0 Å². The first-order chi connectivity index (χ1) is 8.17. The van der Waals surface area contributed by atoms with Crippen molar-refractivity contribution in [3.8, 4) is 0 Å². The van der Waals surface area contributed by atoms with Crippen molar-refractivity contribution in [1.29, 1.82) is 0 Å². The van der Waals surface area contributed by atoms with Crippen LogP contribution in [-0.4, -0.2) is 26.7 Å². The maximum atomic E-state index is 11.4. The highest BCUT2D eigenvalue weighted by molar-refractivity contribution is 7.89. The molecule has 6 heteroatoms. The summed E-state index contributed by atoms with van der Waals surface area (Å²) in [6, 6.07) is 4.91. The molecule has 0 bridgehead atoms. The van der Waals surface area contributed by atoms with Crippen molar-refractivity contribution in [2.45, 2.75) is 25.7 Å². The number of hydrogen-bond donors (Lipinski definition) is 3. The fourth-order valence-electron chi connectivity index (χ4n) is 1.50. The van der Waals surface area contributed by atoms with E-state index in [-0.39, 0.29) is 16.9 Å². The highest BCUT2D eigenvalue weighted by Gasteiger charge is 2.18. The third kappa shape index (κ3) is 3.69.